The van der Waals surface area contributed by atoms with Crippen molar-refractivity contribution in [1.29, 1.82) is 0 Å². The van der Waals surface area contributed by atoms with E-state index in [1.165, 1.54) is 7.11 Å². The molecule has 0 aliphatic carbocycles. The number of ether oxygens (including phenoxy) is 1. The van der Waals surface area contributed by atoms with E-state index in [0.717, 1.165) is 18.7 Å². The van der Waals surface area contributed by atoms with Gasteiger partial charge in [-0.3, -0.25) is 0 Å². The third-order valence-electron chi connectivity index (χ3n) is 2.84. The van der Waals surface area contributed by atoms with Crippen LogP contribution in [-0.2, 0) is 9.53 Å². The van der Waals surface area contributed by atoms with E-state index in [2.05, 4.69) is 35.8 Å². The van der Waals surface area contributed by atoms with Crippen LogP contribution in [0.1, 0.15) is 27.2 Å². The van der Waals surface area contributed by atoms with Crippen molar-refractivity contribution in [2.75, 3.05) is 33.8 Å². The summed E-state index contributed by atoms with van der Waals surface area (Å²) in [5.41, 5.74) is 0.734. The van der Waals surface area contributed by atoms with Gasteiger partial charge in [-0.25, -0.2) is 4.79 Å². The maximum Gasteiger partial charge on any atom is 0.333 e. The molecule has 0 bridgehead atoms. The number of esters is 1. The van der Waals surface area contributed by atoms with Crippen molar-refractivity contribution in [2.24, 2.45) is 0 Å². The summed E-state index contributed by atoms with van der Waals surface area (Å²) in [7, 11) is 3.52. The van der Waals surface area contributed by atoms with Gasteiger partial charge in [0.15, 0.2) is 0 Å². The average Bonchev–Trinajstić information content (AvgIpc) is 2.32. The van der Waals surface area contributed by atoms with Crippen LogP contribution >= 0.6 is 0 Å². The van der Waals surface area contributed by atoms with E-state index in [1.54, 1.807) is 0 Å². The molecule has 1 N–H and O–H groups in total. The smallest absolute Gasteiger partial charge is 0.333 e. The van der Waals surface area contributed by atoms with Crippen LogP contribution in [0.25, 0.3) is 0 Å². The van der Waals surface area contributed by atoms with Crippen LogP contribution in [0.2, 0.25) is 0 Å². The minimum Gasteiger partial charge on any atom is -0.466 e. The second-order valence-corrected chi connectivity index (χ2v) is 4.35. The first-order valence-corrected chi connectivity index (χ1v) is 6.21. The van der Waals surface area contributed by atoms with Gasteiger partial charge in [0.25, 0.3) is 0 Å². The Morgan fingerprint density at radius 1 is 1.47 bits per heavy atom. The monoisotopic (exact) mass is 242 g/mol. The molecule has 0 aliphatic rings. The second kappa shape index (κ2) is 9.19. The van der Waals surface area contributed by atoms with Crippen molar-refractivity contribution < 1.29 is 9.53 Å². The molecule has 0 atom stereocenters. The van der Waals surface area contributed by atoms with Gasteiger partial charge in [0.1, 0.15) is 0 Å². The molecule has 0 unspecified atom stereocenters. The molecule has 0 aliphatic heterocycles. The van der Waals surface area contributed by atoms with Crippen molar-refractivity contribution in [2.45, 2.75) is 33.2 Å². The molecule has 0 amide bonds. The lowest BCUT2D eigenvalue weighted by molar-refractivity contribution is -0.136. The Labute approximate surface area is 105 Å². The first-order valence-electron chi connectivity index (χ1n) is 6.21. The number of hydrogen-bond donors (Lipinski definition) is 1. The van der Waals surface area contributed by atoms with Gasteiger partial charge in [0.2, 0.25) is 0 Å². The molecule has 0 saturated heterocycles. The highest BCUT2D eigenvalue weighted by molar-refractivity contribution is 5.88. The largest absolute Gasteiger partial charge is 0.466 e. The summed E-state index contributed by atoms with van der Waals surface area (Å²) >= 11 is 0. The number of methoxy groups -OCH3 is 1. The summed E-state index contributed by atoms with van der Waals surface area (Å²) in [6.07, 6.45) is 2.61. The van der Waals surface area contributed by atoms with Crippen molar-refractivity contribution in [3.63, 3.8) is 0 Å². The number of carbonyl (C=O) groups is 1. The molecule has 0 heterocycles. The molecule has 0 aromatic heterocycles. The maximum absolute atomic E-state index is 11.3. The van der Waals surface area contributed by atoms with Crippen molar-refractivity contribution in [1.82, 2.24) is 10.2 Å². The summed E-state index contributed by atoms with van der Waals surface area (Å²) in [6, 6.07) is 0.564. The summed E-state index contributed by atoms with van der Waals surface area (Å²) in [4.78, 5) is 13.6. The lowest BCUT2D eigenvalue weighted by atomic mass is 10.2. The zero-order valence-corrected chi connectivity index (χ0v) is 11.7. The van der Waals surface area contributed by atoms with Crippen LogP contribution in [0, 0.1) is 0 Å². The molecular formula is C13H26N2O2. The van der Waals surface area contributed by atoms with E-state index in [9.17, 15) is 4.79 Å². The highest BCUT2D eigenvalue weighted by Gasteiger charge is 2.05. The number of likely N-dealkylation sites (N-methyl/N-ethyl adjacent to an activating group) is 1. The lowest BCUT2D eigenvalue weighted by Crippen LogP contribution is -2.33. The van der Waals surface area contributed by atoms with Crippen LogP contribution in [-0.4, -0.2) is 50.7 Å². The van der Waals surface area contributed by atoms with Crippen LogP contribution in [0.3, 0.4) is 0 Å². The van der Waals surface area contributed by atoms with Crippen LogP contribution in [0.15, 0.2) is 11.6 Å². The normalized spacial score (nSPS) is 12.3. The van der Waals surface area contributed by atoms with Gasteiger partial charge >= 0.3 is 5.97 Å². The molecule has 0 saturated carbocycles. The molecule has 0 spiro atoms. The van der Waals surface area contributed by atoms with E-state index in [0.29, 0.717) is 19.0 Å². The van der Waals surface area contributed by atoms with Gasteiger partial charge in [-0.15, -0.1) is 0 Å². The van der Waals surface area contributed by atoms with Gasteiger partial charge in [-0.2, -0.15) is 0 Å². The number of hydrogen-bond acceptors (Lipinski definition) is 4. The Hall–Kier alpha value is -0.870. The Kier molecular flexibility index (Phi) is 8.72. The van der Waals surface area contributed by atoms with E-state index >= 15 is 0 Å². The minimum absolute atomic E-state index is 0.228. The first-order chi connectivity index (χ1) is 8.02. The third-order valence-corrected chi connectivity index (χ3v) is 2.84. The molecule has 0 rings (SSSR count). The molecule has 0 aromatic carbocycles. The third kappa shape index (κ3) is 7.13. The number of rotatable bonds is 8. The topological polar surface area (TPSA) is 41.6 Å². The molecule has 0 fully saturated rings. The molecule has 100 valence electrons. The van der Waals surface area contributed by atoms with Gasteiger partial charge in [-0.05, 0) is 27.3 Å². The first kappa shape index (κ1) is 16.1. The summed E-state index contributed by atoms with van der Waals surface area (Å²) in [5, 5.41) is 3.29. The van der Waals surface area contributed by atoms with Gasteiger partial charge in [0.05, 0.1) is 7.11 Å². The summed E-state index contributed by atoms with van der Waals surface area (Å²) in [6.45, 7) is 8.94. The SMILES string of the molecule is CCC(=CCNCCN(C)C(C)C)C(=O)OC. The highest BCUT2D eigenvalue weighted by atomic mass is 16.5. The van der Waals surface area contributed by atoms with Crippen molar-refractivity contribution >= 4 is 5.97 Å². The molecule has 4 heteroatoms. The fourth-order valence-electron chi connectivity index (χ4n) is 1.31. The number of nitrogens with one attached hydrogen (secondary N) is 1. The quantitative estimate of drug-likeness (QED) is 0.397. The van der Waals surface area contributed by atoms with E-state index < -0.39 is 0 Å². The average molecular weight is 242 g/mol. The second-order valence-electron chi connectivity index (χ2n) is 4.35. The molecule has 0 radical (unpaired) electrons. The van der Waals surface area contributed by atoms with Gasteiger partial charge < -0.3 is 15.0 Å². The Bertz CT molecular complexity index is 250. The van der Waals surface area contributed by atoms with Crippen molar-refractivity contribution in [3.05, 3.63) is 11.6 Å². The Morgan fingerprint density at radius 3 is 2.59 bits per heavy atom. The van der Waals surface area contributed by atoms with E-state index in [4.69, 9.17) is 0 Å². The number of carbonyl (C=O) groups excluding carboxylic acids is 1. The molecular weight excluding hydrogens is 216 g/mol. The van der Waals surface area contributed by atoms with Crippen LogP contribution in [0.5, 0.6) is 0 Å². The zero-order chi connectivity index (χ0) is 13.3. The fraction of sp³-hybridized carbons (Fsp3) is 0.769. The molecule has 4 nitrogen and oxygen atoms in total. The predicted molar refractivity (Wildman–Crippen MR) is 71.0 cm³/mol. The molecule has 0 aromatic rings. The minimum atomic E-state index is -0.228. The van der Waals surface area contributed by atoms with Gasteiger partial charge in [0, 0.05) is 31.2 Å². The zero-order valence-electron chi connectivity index (χ0n) is 11.7. The summed E-state index contributed by atoms with van der Waals surface area (Å²) < 4.78 is 4.69. The lowest BCUT2D eigenvalue weighted by Gasteiger charge is -2.20. The fourth-order valence-corrected chi connectivity index (χ4v) is 1.31. The standard InChI is InChI=1S/C13H26N2O2/c1-6-12(13(16)17-5)7-8-14-9-10-15(4)11(2)3/h7,11,14H,6,8-10H2,1-5H3. The van der Waals surface area contributed by atoms with E-state index in [1.807, 2.05) is 13.0 Å². The predicted octanol–water partition coefficient (Wildman–Crippen LogP) is 1.43. The van der Waals surface area contributed by atoms with Gasteiger partial charge in [-0.1, -0.05) is 13.0 Å². The number of nitrogens with zero attached hydrogens (tertiary/aromatic N) is 1. The van der Waals surface area contributed by atoms with Crippen molar-refractivity contribution in [3.8, 4) is 0 Å². The maximum atomic E-state index is 11.3. The van der Waals surface area contributed by atoms with Crippen LogP contribution in [0.4, 0.5) is 0 Å². The highest BCUT2D eigenvalue weighted by Crippen LogP contribution is 2.01. The van der Waals surface area contributed by atoms with Crippen LogP contribution < -0.4 is 5.32 Å². The Morgan fingerprint density at radius 2 is 2.12 bits per heavy atom. The summed E-state index contributed by atoms with van der Waals surface area (Å²) in [5.74, 6) is -0.228. The van der Waals surface area contributed by atoms with E-state index in [-0.39, 0.29) is 5.97 Å². The Balaban J connectivity index is 3.81. The molecule has 17 heavy (non-hydrogen) atoms.